The summed E-state index contributed by atoms with van der Waals surface area (Å²) in [5.41, 5.74) is 5.31. The third kappa shape index (κ3) is 3.25. The summed E-state index contributed by atoms with van der Waals surface area (Å²) in [5.74, 6) is 0.915. The maximum Gasteiger partial charge on any atom is 0.235 e. The molecule has 1 heterocycles. The van der Waals surface area contributed by atoms with Gasteiger partial charge in [0, 0.05) is 0 Å². The molecule has 72 valence electrons. The topological polar surface area (TPSA) is 70.3 Å². The quantitative estimate of drug-likeness (QED) is 0.661. The largest absolute Gasteiger partial charge is 0.480 e. The van der Waals surface area contributed by atoms with Crippen LogP contribution in [0.25, 0.3) is 0 Å². The second-order valence-corrected chi connectivity index (χ2v) is 2.39. The van der Waals surface area contributed by atoms with Gasteiger partial charge in [-0.3, -0.25) is 4.98 Å². The molecule has 0 aliphatic heterocycles. The number of methoxy groups -OCH3 is 1. The highest BCUT2D eigenvalue weighted by Gasteiger charge is 1.97. The molecule has 0 fully saturated rings. The fourth-order valence-corrected chi connectivity index (χ4v) is 0.759. The van der Waals surface area contributed by atoms with Crippen LogP contribution in [0.3, 0.4) is 0 Å². The van der Waals surface area contributed by atoms with Crippen LogP contribution >= 0.6 is 0 Å². The molecule has 0 spiro atoms. The highest BCUT2D eigenvalue weighted by molar-refractivity contribution is 5.12. The molecule has 0 aromatic carbocycles. The van der Waals surface area contributed by atoms with Gasteiger partial charge in [0.2, 0.25) is 11.8 Å². The molecular formula is C8H13N3O2. The first kappa shape index (κ1) is 9.73. The van der Waals surface area contributed by atoms with Gasteiger partial charge in [0.1, 0.15) is 0 Å². The van der Waals surface area contributed by atoms with Crippen molar-refractivity contribution < 1.29 is 9.47 Å². The van der Waals surface area contributed by atoms with Gasteiger partial charge in [-0.15, -0.1) is 0 Å². The lowest BCUT2D eigenvalue weighted by molar-refractivity contribution is 0.292. The van der Waals surface area contributed by atoms with E-state index in [1.807, 2.05) is 0 Å². The van der Waals surface area contributed by atoms with E-state index in [2.05, 4.69) is 9.97 Å². The van der Waals surface area contributed by atoms with E-state index in [0.29, 0.717) is 24.9 Å². The minimum atomic E-state index is 0.449. The smallest absolute Gasteiger partial charge is 0.235 e. The predicted molar refractivity (Wildman–Crippen MR) is 47.8 cm³/mol. The van der Waals surface area contributed by atoms with E-state index in [0.717, 1.165) is 6.42 Å². The minimum absolute atomic E-state index is 0.449. The van der Waals surface area contributed by atoms with Crippen molar-refractivity contribution in [1.82, 2.24) is 9.97 Å². The lowest BCUT2D eigenvalue weighted by Crippen LogP contribution is -2.07. The van der Waals surface area contributed by atoms with Gasteiger partial charge >= 0.3 is 0 Å². The van der Waals surface area contributed by atoms with Crippen molar-refractivity contribution >= 4 is 0 Å². The SMILES string of the molecule is COc1cncc(OCCCN)n1. The second kappa shape index (κ2) is 5.31. The molecule has 0 radical (unpaired) electrons. The molecule has 0 unspecified atom stereocenters. The third-order valence-electron chi connectivity index (χ3n) is 1.40. The van der Waals surface area contributed by atoms with Crippen molar-refractivity contribution in [3.8, 4) is 11.8 Å². The molecule has 1 aromatic rings. The summed E-state index contributed by atoms with van der Waals surface area (Å²) in [6.07, 6.45) is 3.87. The first-order valence-corrected chi connectivity index (χ1v) is 4.05. The number of hydrogen-bond donors (Lipinski definition) is 1. The highest BCUT2D eigenvalue weighted by Crippen LogP contribution is 2.09. The molecular weight excluding hydrogens is 170 g/mol. The number of rotatable bonds is 5. The van der Waals surface area contributed by atoms with Crippen LogP contribution in [-0.2, 0) is 0 Å². The van der Waals surface area contributed by atoms with Crippen LogP contribution in [-0.4, -0.2) is 30.2 Å². The van der Waals surface area contributed by atoms with Crippen LogP contribution in [0.15, 0.2) is 12.4 Å². The molecule has 0 saturated carbocycles. The zero-order valence-corrected chi connectivity index (χ0v) is 7.56. The third-order valence-corrected chi connectivity index (χ3v) is 1.40. The molecule has 0 aliphatic carbocycles. The molecule has 5 nitrogen and oxygen atoms in total. The van der Waals surface area contributed by atoms with Gasteiger partial charge in [0.25, 0.3) is 0 Å². The summed E-state index contributed by atoms with van der Waals surface area (Å²) < 4.78 is 10.1. The Kier molecular flexibility index (Phi) is 3.98. The Labute approximate surface area is 76.9 Å². The molecule has 0 amide bonds. The van der Waals surface area contributed by atoms with E-state index in [1.54, 1.807) is 6.20 Å². The van der Waals surface area contributed by atoms with Crippen molar-refractivity contribution in [3.05, 3.63) is 12.4 Å². The molecule has 1 rings (SSSR count). The summed E-state index contributed by atoms with van der Waals surface area (Å²) in [7, 11) is 1.54. The molecule has 0 bridgehead atoms. The maximum atomic E-state index is 5.31. The van der Waals surface area contributed by atoms with E-state index in [-0.39, 0.29) is 0 Å². The van der Waals surface area contributed by atoms with Crippen LogP contribution in [0.5, 0.6) is 11.8 Å². The van der Waals surface area contributed by atoms with Gasteiger partial charge in [0.15, 0.2) is 0 Å². The van der Waals surface area contributed by atoms with Gasteiger partial charge < -0.3 is 15.2 Å². The number of nitrogens with two attached hydrogens (primary N) is 1. The second-order valence-electron chi connectivity index (χ2n) is 2.39. The standard InChI is InChI=1S/C8H13N3O2/c1-12-7-5-10-6-8(11-7)13-4-2-3-9/h5-6H,2-4,9H2,1H3. The van der Waals surface area contributed by atoms with Crippen LogP contribution in [0.1, 0.15) is 6.42 Å². The fraction of sp³-hybridized carbons (Fsp3) is 0.500. The summed E-state index contributed by atoms with van der Waals surface area (Å²) in [6, 6.07) is 0. The van der Waals surface area contributed by atoms with Crippen molar-refractivity contribution in [1.29, 1.82) is 0 Å². The number of hydrogen-bond acceptors (Lipinski definition) is 5. The van der Waals surface area contributed by atoms with E-state index >= 15 is 0 Å². The summed E-state index contributed by atoms with van der Waals surface area (Å²) in [6.45, 7) is 1.16. The Morgan fingerprint density at radius 2 is 2.15 bits per heavy atom. The molecule has 0 aliphatic rings. The zero-order valence-electron chi connectivity index (χ0n) is 7.56. The molecule has 2 N–H and O–H groups in total. The van der Waals surface area contributed by atoms with Gasteiger partial charge in [-0.05, 0) is 13.0 Å². The highest BCUT2D eigenvalue weighted by atomic mass is 16.5. The van der Waals surface area contributed by atoms with Crippen LogP contribution < -0.4 is 15.2 Å². The number of aromatic nitrogens is 2. The van der Waals surface area contributed by atoms with Gasteiger partial charge in [-0.25, -0.2) is 0 Å². The average Bonchev–Trinajstić information content (AvgIpc) is 2.19. The van der Waals surface area contributed by atoms with E-state index in [1.165, 1.54) is 13.3 Å². The first-order valence-electron chi connectivity index (χ1n) is 4.05. The fourth-order valence-electron chi connectivity index (χ4n) is 0.759. The molecule has 0 atom stereocenters. The predicted octanol–water partition coefficient (Wildman–Crippen LogP) is 0.213. The van der Waals surface area contributed by atoms with Crippen LogP contribution in [0.4, 0.5) is 0 Å². The zero-order chi connectivity index (χ0) is 9.52. The van der Waals surface area contributed by atoms with Gasteiger partial charge in [0.05, 0.1) is 26.1 Å². The first-order chi connectivity index (χ1) is 6.36. The van der Waals surface area contributed by atoms with E-state index < -0.39 is 0 Å². The summed E-state index contributed by atoms with van der Waals surface area (Å²) in [4.78, 5) is 7.91. The van der Waals surface area contributed by atoms with Crippen LogP contribution in [0, 0.1) is 0 Å². The maximum absolute atomic E-state index is 5.31. The molecule has 0 saturated heterocycles. The van der Waals surface area contributed by atoms with Crippen molar-refractivity contribution in [2.45, 2.75) is 6.42 Å². The van der Waals surface area contributed by atoms with Gasteiger partial charge in [-0.1, -0.05) is 0 Å². The molecule has 5 heteroatoms. The Morgan fingerprint density at radius 1 is 1.38 bits per heavy atom. The Bertz CT molecular complexity index is 255. The van der Waals surface area contributed by atoms with Gasteiger partial charge in [-0.2, -0.15) is 4.98 Å². The summed E-state index contributed by atoms with van der Waals surface area (Å²) in [5, 5.41) is 0. The number of nitrogens with zero attached hydrogens (tertiary/aromatic N) is 2. The Morgan fingerprint density at radius 3 is 2.85 bits per heavy atom. The monoisotopic (exact) mass is 183 g/mol. The van der Waals surface area contributed by atoms with Crippen molar-refractivity contribution in [3.63, 3.8) is 0 Å². The van der Waals surface area contributed by atoms with E-state index in [9.17, 15) is 0 Å². The van der Waals surface area contributed by atoms with Crippen LogP contribution in [0.2, 0.25) is 0 Å². The molecule has 13 heavy (non-hydrogen) atoms. The summed E-state index contributed by atoms with van der Waals surface area (Å²) >= 11 is 0. The normalized spacial score (nSPS) is 9.69. The number of ether oxygens (including phenoxy) is 2. The minimum Gasteiger partial charge on any atom is -0.480 e. The lowest BCUT2D eigenvalue weighted by atomic mass is 10.5. The molecule has 1 aromatic heterocycles. The van der Waals surface area contributed by atoms with Crippen molar-refractivity contribution in [2.75, 3.05) is 20.3 Å². The average molecular weight is 183 g/mol. The van der Waals surface area contributed by atoms with Crippen molar-refractivity contribution in [2.24, 2.45) is 5.73 Å². The van der Waals surface area contributed by atoms with E-state index in [4.69, 9.17) is 15.2 Å². The lowest BCUT2D eigenvalue weighted by Gasteiger charge is -2.04. The Balaban J connectivity index is 2.46. The Hall–Kier alpha value is -1.36.